The van der Waals surface area contributed by atoms with E-state index in [1.807, 2.05) is 51.1 Å². The van der Waals surface area contributed by atoms with Crippen LogP contribution in [0.15, 0.2) is 51.7 Å². The fourth-order valence-corrected chi connectivity index (χ4v) is 4.14. The molecule has 2 aromatic carbocycles. The van der Waals surface area contributed by atoms with Crippen molar-refractivity contribution in [2.24, 2.45) is 0 Å². The Labute approximate surface area is 169 Å². The first kappa shape index (κ1) is 20.1. The van der Waals surface area contributed by atoms with Gasteiger partial charge in [-0.05, 0) is 56.7 Å². The first-order valence-corrected chi connectivity index (χ1v) is 10.6. The Morgan fingerprint density at radius 2 is 1.79 bits per heavy atom. The number of benzene rings is 2. The molecule has 0 amide bonds. The van der Waals surface area contributed by atoms with Crippen LogP contribution in [0.3, 0.4) is 0 Å². The summed E-state index contributed by atoms with van der Waals surface area (Å²) in [5.41, 5.74) is 3.93. The Kier molecular flexibility index (Phi) is 6.15. The highest BCUT2D eigenvalue weighted by molar-refractivity contribution is 7.21. The molecule has 0 radical (unpaired) electrons. The smallest absolute Gasteiger partial charge is 0.346 e. The summed E-state index contributed by atoms with van der Waals surface area (Å²) in [5, 5.41) is 1.61. The van der Waals surface area contributed by atoms with Crippen LogP contribution < -0.4 is 10.5 Å². The molecule has 4 rings (SSSR count). The number of hydrogen-bond donors (Lipinski definition) is 0. The number of rotatable bonds is 4. The van der Waals surface area contributed by atoms with Gasteiger partial charge < -0.3 is 9.32 Å². The third-order valence-electron chi connectivity index (χ3n) is 4.62. The minimum atomic E-state index is -0.343. The van der Waals surface area contributed by atoms with Gasteiger partial charge in [0.25, 0.3) is 0 Å². The van der Waals surface area contributed by atoms with Crippen LogP contribution >= 0.6 is 11.3 Å². The average Bonchev–Trinajstić information content (AvgIpc) is 3.12. The van der Waals surface area contributed by atoms with Gasteiger partial charge in [0, 0.05) is 30.2 Å². The van der Waals surface area contributed by atoms with Gasteiger partial charge in [-0.3, -0.25) is 0 Å². The maximum absolute atomic E-state index is 12.6. The fraction of sp³-hybridized carbons (Fsp3) is 0.304. The van der Waals surface area contributed by atoms with E-state index in [1.165, 1.54) is 11.3 Å². The van der Waals surface area contributed by atoms with Crippen molar-refractivity contribution in [2.45, 2.75) is 34.6 Å². The van der Waals surface area contributed by atoms with E-state index in [0.29, 0.717) is 16.2 Å². The summed E-state index contributed by atoms with van der Waals surface area (Å²) in [6.07, 6.45) is 0. The number of anilines is 1. The van der Waals surface area contributed by atoms with E-state index in [-0.39, 0.29) is 5.63 Å². The Balaban J connectivity index is 0.00000109. The molecule has 4 nitrogen and oxygen atoms in total. The molecular weight excluding hydrogens is 368 g/mol. The van der Waals surface area contributed by atoms with E-state index < -0.39 is 0 Å². The minimum Gasteiger partial charge on any atom is -0.422 e. The molecule has 0 aliphatic carbocycles. The molecule has 4 aromatic rings. The van der Waals surface area contributed by atoms with Gasteiger partial charge in [0.1, 0.15) is 10.6 Å². The Bertz CT molecular complexity index is 1160. The molecule has 28 heavy (non-hydrogen) atoms. The van der Waals surface area contributed by atoms with Crippen LogP contribution in [0.5, 0.6) is 0 Å². The topological polar surface area (TPSA) is 46.3 Å². The van der Waals surface area contributed by atoms with Crippen molar-refractivity contribution in [2.75, 3.05) is 18.0 Å². The molecule has 0 saturated carbocycles. The molecular formula is C23H26N2O2S. The summed E-state index contributed by atoms with van der Waals surface area (Å²) in [4.78, 5) is 19.4. The molecule has 2 heterocycles. The van der Waals surface area contributed by atoms with E-state index in [1.54, 1.807) is 0 Å². The molecule has 0 aliphatic rings. The zero-order chi connectivity index (χ0) is 20.3. The average molecular weight is 395 g/mol. The zero-order valence-corrected chi connectivity index (χ0v) is 17.9. The first-order chi connectivity index (χ1) is 13.6. The largest absolute Gasteiger partial charge is 0.422 e. The predicted octanol–water partition coefficient (Wildman–Crippen LogP) is 6.25. The first-order valence-electron chi connectivity index (χ1n) is 9.79. The number of nitrogens with zero attached hydrogens (tertiary/aromatic N) is 2. The number of fused-ring (bicyclic) bond motifs is 2. The predicted molar refractivity (Wildman–Crippen MR) is 121 cm³/mol. The van der Waals surface area contributed by atoms with Crippen molar-refractivity contribution in [3.05, 3.63) is 58.4 Å². The van der Waals surface area contributed by atoms with E-state index in [9.17, 15) is 4.79 Å². The monoisotopic (exact) mass is 394 g/mol. The zero-order valence-electron chi connectivity index (χ0n) is 17.1. The van der Waals surface area contributed by atoms with E-state index >= 15 is 0 Å². The maximum Gasteiger partial charge on any atom is 0.346 e. The summed E-state index contributed by atoms with van der Waals surface area (Å²) in [5.74, 6) is 0. The molecule has 0 aliphatic heterocycles. The highest BCUT2D eigenvalue weighted by Gasteiger charge is 2.14. The summed E-state index contributed by atoms with van der Waals surface area (Å²) < 4.78 is 6.70. The van der Waals surface area contributed by atoms with Gasteiger partial charge >= 0.3 is 5.63 Å². The van der Waals surface area contributed by atoms with Crippen LogP contribution in [0.4, 0.5) is 5.69 Å². The molecule has 0 saturated heterocycles. The number of aryl methyl sites for hydroxylation is 1. The molecule has 146 valence electrons. The lowest BCUT2D eigenvalue weighted by Gasteiger charge is -2.20. The quantitative estimate of drug-likeness (QED) is 0.384. The molecule has 2 aromatic heterocycles. The van der Waals surface area contributed by atoms with Crippen molar-refractivity contribution in [3.8, 4) is 10.6 Å². The van der Waals surface area contributed by atoms with Crippen LogP contribution in [-0.4, -0.2) is 18.1 Å². The summed E-state index contributed by atoms with van der Waals surface area (Å²) in [6.45, 7) is 12.1. The van der Waals surface area contributed by atoms with Crippen LogP contribution in [-0.2, 0) is 0 Å². The van der Waals surface area contributed by atoms with Crippen LogP contribution in [0.25, 0.3) is 31.8 Å². The molecule has 0 atom stereocenters. The van der Waals surface area contributed by atoms with Crippen LogP contribution in [0.1, 0.15) is 33.3 Å². The lowest BCUT2D eigenvalue weighted by molar-refractivity contribution is 0.563. The lowest BCUT2D eigenvalue weighted by atomic mass is 10.1. The van der Waals surface area contributed by atoms with Gasteiger partial charge in [-0.15, -0.1) is 11.3 Å². The molecule has 0 spiro atoms. The Hall–Kier alpha value is -2.66. The van der Waals surface area contributed by atoms with Gasteiger partial charge in [-0.2, -0.15) is 0 Å². The highest BCUT2D eigenvalue weighted by Crippen LogP contribution is 2.31. The van der Waals surface area contributed by atoms with Crippen LogP contribution in [0.2, 0.25) is 0 Å². The Morgan fingerprint density at radius 1 is 1.04 bits per heavy atom. The third kappa shape index (κ3) is 3.80. The molecule has 0 N–H and O–H groups in total. The van der Waals surface area contributed by atoms with E-state index in [2.05, 4.69) is 35.9 Å². The molecule has 0 fully saturated rings. The summed E-state index contributed by atoms with van der Waals surface area (Å²) >= 11 is 1.52. The van der Waals surface area contributed by atoms with E-state index in [4.69, 9.17) is 4.42 Å². The summed E-state index contributed by atoms with van der Waals surface area (Å²) in [6, 6.07) is 14.0. The van der Waals surface area contributed by atoms with Crippen molar-refractivity contribution in [3.63, 3.8) is 0 Å². The number of aromatic nitrogens is 1. The van der Waals surface area contributed by atoms with Crippen molar-refractivity contribution in [1.82, 2.24) is 4.98 Å². The standard InChI is InChI=1S/C21H20N2O2S.C2H6/c1-4-23(5-2)15-8-7-14-11-16(21(24)25-18(14)12-15)20-22-17-10-13(3)6-9-19(17)26-20;1-2/h6-12H,4-5H2,1-3H3;1-2H3. The van der Waals surface area contributed by atoms with Gasteiger partial charge in [0.15, 0.2) is 0 Å². The SMILES string of the molecule is CC.CCN(CC)c1ccc2cc(-c3nc4cc(C)ccc4s3)c(=O)oc2c1. The van der Waals surface area contributed by atoms with Crippen molar-refractivity contribution >= 4 is 38.2 Å². The molecule has 0 unspecified atom stereocenters. The normalized spacial score (nSPS) is 10.8. The lowest BCUT2D eigenvalue weighted by Crippen LogP contribution is -2.21. The minimum absolute atomic E-state index is 0.343. The summed E-state index contributed by atoms with van der Waals surface area (Å²) in [7, 11) is 0. The Morgan fingerprint density at radius 3 is 2.50 bits per heavy atom. The second-order valence-corrected chi connectivity index (χ2v) is 7.36. The number of hydrogen-bond acceptors (Lipinski definition) is 5. The van der Waals surface area contributed by atoms with Gasteiger partial charge in [0.05, 0.1) is 15.8 Å². The van der Waals surface area contributed by atoms with Crippen molar-refractivity contribution in [1.29, 1.82) is 0 Å². The number of thiazole rings is 1. The van der Waals surface area contributed by atoms with Gasteiger partial charge in [-0.25, -0.2) is 9.78 Å². The van der Waals surface area contributed by atoms with Crippen molar-refractivity contribution < 1.29 is 4.42 Å². The molecule has 0 bridgehead atoms. The van der Waals surface area contributed by atoms with Gasteiger partial charge in [-0.1, -0.05) is 19.9 Å². The van der Waals surface area contributed by atoms with Gasteiger partial charge in [0.2, 0.25) is 0 Å². The highest BCUT2D eigenvalue weighted by atomic mass is 32.1. The second kappa shape index (κ2) is 8.57. The maximum atomic E-state index is 12.6. The van der Waals surface area contributed by atoms with E-state index in [0.717, 1.165) is 39.9 Å². The van der Waals surface area contributed by atoms with Crippen LogP contribution in [0, 0.1) is 6.92 Å². The fourth-order valence-electron chi connectivity index (χ4n) is 3.19. The second-order valence-electron chi connectivity index (χ2n) is 6.33. The molecule has 5 heteroatoms. The third-order valence-corrected chi connectivity index (χ3v) is 5.69.